The lowest BCUT2D eigenvalue weighted by atomic mass is 9.83. The van der Waals surface area contributed by atoms with E-state index < -0.39 is 0 Å². The normalized spacial score (nSPS) is 20.1. The molecule has 0 aromatic heterocycles. The van der Waals surface area contributed by atoms with Crippen molar-refractivity contribution >= 4 is 0 Å². The molecule has 0 fully saturated rings. The molecule has 20 heavy (non-hydrogen) atoms. The number of benzene rings is 1. The van der Waals surface area contributed by atoms with Gasteiger partial charge in [0.1, 0.15) is 17.1 Å². The second-order valence-electron chi connectivity index (χ2n) is 5.44. The van der Waals surface area contributed by atoms with Crippen LogP contribution in [0.3, 0.4) is 0 Å². The smallest absolute Gasteiger partial charge is 0.125 e. The highest BCUT2D eigenvalue weighted by atomic mass is 16.5. The predicted molar refractivity (Wildman–Crippen MR) is 82.6 cm³/mol. The summed E-state index contributed by atoms with van der Waals surface area (Å²) in [5, 5.41) is 3.60. The summed E-state index contributed by atoms with van der Waals surface area (Å²) in [7, 11) is 0. The van der Waals surface area contributed by atoms with Crippen LogP contribution in [0.2, 0.25) is 0 Å². The molecule has 112 valence electrons. The SMILES string of the molecule is CCNC1CC(CC)(CC)Oc2ccc(OCC)cc21. The van der Waals surface area contributed by atoms with Gasteiger partial charge in [0, 0.05) is 18.0 Å². The van der Waals surface area contributed by atoms with Gasteiger partial charge in [0.05, 0.1) is 6.61 Å². The molecule has 0 saturated carbocycles. The topological polar surface area (TPSA) is 30.5 Å². The van der Waals surface area contributed by atoms with Gasteiger partial charge in [-0.1, -0.05) is 20.8 Å². The molecule has 3 nitrogen and oxygen atoms in total. The van der Waals surface area contributed by atoms with Crippen molar-refractivity contribution in [3.63, 3.8) is 0 Å². The molecule has 1 N–H and O–H groups in total. The molecule has 1 aromatic carbocycles. The molecule has 1 atom stereocenters. The quantitative estimate of drug-likeness (QED) is 0.850. The van der Waals surface area contributed by atoms with Crippen molar-refractivity contribution in [2.45, 2.75) is 58.6 Å². The molecule has 2 rings (SSSR count). The standard InChI is InChI=1S/C17H27NO2/c1-5-17(6-2)12-15(18-7-3)14-11-13(19-8-4)9-10-16(14)20-17/h9-11,15,18H,5-8,12H2,1-4H3. The second kappa shape index (κ2) is 6.49. The summed E-state index contributed by atoms with van der Waals surface area (Å²) in [4.78, 5) is 0. The molecule has 0 amide bonds. The Balaban J connectivity index is 2.36. The molecule has 3 heteroatoms. The summed E-state index contributed by atoms with van der Waals surface area (Å²) >= 11 is 0. The van der Waals surface area contributed by atoms with E-state index in [1.807, 2.05) is 13.0 Å². The van der Waals surface area contributed by atoms with E-state index in [0.717, 1.165) is 37.3 Å². The van der Waals surface area contributed by atoms with Gasteiger partial charge in [0.15, 0.2) is 0 Å². The van der Waals surface area contributed by atoms with E-state index in [1.54, 1.807) is 0 Å². The van der Waals surface area contributed by atoms with Crippen molar-refractivity contribution in [3.05, 3.63) is 23.8 Å². The Morgan fingerprint density at radius 1 is 1.25 bits per heavy atom. The van der Waals surface area contributed by atoms with Crippen LogP contribution in [0.25, 0.3) is 0 Å². The molecule has 0 spiro atoms. The van der Waals surface area contributed by atoms with Crippen LogP contribution >= 0.6 is 0 Å². The van der Waals surface area contributed by atoms with Gasteiger partial charge in [-0.2, -0.15) is 0 Å². The molecule has 1 aromatic rings. The van der Waals surface area contributed by atoms with Crippen molar-refractivity contribution in [3.8, 4) is 11.5 Å². The Kier molecular flexibility index (Phi) is 4.92. The Bertz CT molecular complexity index is 441. The monoisotopic (exact) mass is 277 g/mol. The van der Waals surface area contributed by atoms with E-state index >= 15 is 0 Å². The summed E-state index contributed by atoms with van der Waals surface area (Å²) in [5.74, 6) is 1.94. The third-order valence-corrected chi connectivity index (χ3v) is 4.31. The van der Waals surface area contributed by atoms with Crippen LogP contribution in [0.1, 0.15) is 58.6 Å². The molecule has 0 aliphatic carbocycles. The zero-order chi connectivity index (χ0) is 14.6. The van der Waals surface area contributed by atoms with Crippen LogP contribution in [0.15, 0.2) is 18.2 Å². The number of nitrogens with one attached hydrogen (secondary N) is 1. The first-order chi connectivity index (χ1) is 9.68. The minimum atomic E-state index is -0.0348. The maximum atomic E-state index is 6.33. The van der Waals surface area contributed by atoms with Crippen LogP contribution < -0.4 is 14.8 Å². The van der Waals surface area contributed by atoms with E-state index in [0.29, 0.717) is 12.6 Å². The number of hydrogen-bond acceptors (Lipinski definition) is 3. The zero-order valence-corrected chi connectivity index (χ0v) is 13.2. The third-order valence-electron chi connectivity index (χ3n) is 4.31. The van der Waals surface area contributed by atoms with Crippen molar-refractivity contribution in [1.29, 1.82) is 0 Å². The van der Waals surface area contributed by atoms with Crippen LogP contribution in [0, 0.1) is 0 Å². The average molecular weight is 277 g/mol. The fourth-order valence-corrected chi connectivity index (χ4v) is 3.02. The molecule has 1 unspecified atom stereocenters. The largest absolute Gasteiger partial charge is 0.494 e. The van der Waals surface area contributed by atoms with Gasteiger partial charge in [0.2, 0.25) is 0 Å². The average Bonchev–Trinajstić information content (AvgIpc) is 2.48. The first-order valence-electron chi connectivity index (χ1n) is 7.87. The Morgan fingerprint density at radius 3 is 2.60 bits per heavy atom. The first-order valence-corrected chi connectivity index (χ1v) is 7.87. The van der Waals surface area contributed by atoms with E-state index in [9.17, 15) is 0 Å². The highest BCUT2D eigenvalue weighted by Gasteiger charge is 2.38. The number of ether oxygens (including phenoxy) is 2. The molecule has 1 aliphatic heterocycles. The van der Waals surface area contributed by atoms with Crippen molar-refractivity contribution in [1.82, 2.24) is 5.32 Å². The zero-order valence-electron chi connectivity index (χ0n) is 13.2. The lowest BCUT2D eigenvalue weighted by Crippen LogP contribution is -2.43. The fraction of sp³-hybridized carbons (Fsp3) is 0.647. The maximum Gasteiger partial charge on any atom is 0.125 e. The van der Waals surface area contributed by atoms with Gasteiger partial charge in [-0.25, -0.2) is 0 Å². The summed E-state index contributed by atoms with van der Waals surface area (Å²) in [5.41, 5.74) is 1.20. The molecule has 0 saturated heterocycles. The van der Waals surface area contributed by atoms with Crippen LogP contribution in [0.5, 0.6) is 11.5 Å². The molecular formula is C17H27NO2. The fourth-order valence-electron chi connectivity index (χ4n) is 3.02. The molecule has 1 heterocycles. The van der Waals surface area contributed by atoms with Gasteiger partial charge in [-0.05, 0) is 44.5 Å². The van der Waals surface area contributed by atoms with Gasteiger partial charge >= 0.3 is 0 Å². The summed E-state index contributed by atoms with van der Waals surface area (Å²) in [6, 6.07) is 6.54. The van der Waals surface area contributed by atoms with Crippen LogP contribution in [-0.2, 0) is 0 Å². The Labute approximate surface area is 122 Å². The van der Waals surface area contributed by atoms with E-state index in [4.69, 9.17) is 9.47 Å². The minimum absolute atomic E-state index is 0.0348. The lowest BCUT2D eigenvalue weighted by molar-refractivity contribution is 0.0229. The second-order valence-corrected chi connectivity index (χ2v) is 5.44. The number of hydrogen-bond donors (Lipinski definition) is 1. The van der Waals surface area contributed by atoms with Crippen LogP contribution in [0.4, 0.5) is 0 Å². The van der Waals surface area contributed by atoms with E-state index in [2.05, 4.69) is 38.2 Å². The molecular weight excluding hydrogens is 250 g/mol. The number of rotatable bonds is 6. The summed E-state index contributed by atoms with van der Waals surface area (Å²) in [6.45, 7) is 10.3. The highest BCUT2D eigenvalue weighted by molar-refractivity contribution is 5.44. The van der Waals surface area contributed by atoms with Gasteiger partial charge in [0.25, 0.3) is 0 Å². The van der Waals surface area contributed by atoms with Gasteiger partial charge in [-0.3, -0.25) is 0 Å². The Hall–Kier alpha value is -1.22. The predicted octanol–water partition coefficient (Wildman–Crippen LogP) is 4.08. The van der Waals surface area contributed by atoms with Gasteiger partial charge in [-0.15, -0.1) is 0 Å². The lowest BCUT2D eigenvalue weighted by Gasteiger charge is -2.42. The van der Waals surface area contributed by atoms with Crippen LogP contribution in [-0.4, -0.2) is 18.8 Å². The third kappa shape index (κ3) is 2.93. The van der Waals surface area contributed by atoms with E-state index in [-0.39, 0.29) is 5.60 Å². The Morgan fingerprint density at radius 2 is 2.00 bits per heavy atom. The number of fused-ring (bicyclic) bond motifs is 1. The first kappa shape index (κ1) is 15.2. The maximum absolute atomic E-state index is 6.33. The highest BCUT2D eigenvalue weighted by Crippen LogP contribution is 2.43. The van der Waals surface area contributed by atoms with Crippen molar-refractivity contribution in [2.24, 2.45) is 0 Å². The molecule has 0 radical (unpaired) electrons. The van der Waals surface area contributed by atoms with Gasteiger partial charge < -0.3 is 14.8 Å². The van der Waals surface area contributed by atoms with E-state index in [1.165, 1.54) is 5.56 Å². The van der Waals surface area contributed by atoms with Crippen molar-refractivity contribution in [2.75, 3.05) is 13.2 Å². The summed E-state index contributed by atoms with van der Waals surface area (Å²) in [6.07, 6.45) is 3.10. The molecule has 0 bridgehead atoms. The van der Waals surface area contributed by atoms with Crippen molar-refractivity contribution < 1.29 is 9.47 Å². The summed E-state index contributed by atoms with van der Waals surface area (Å²) < 4.78 is 12.0. The minimum Gasteiger partial charge on any atom is -0.494 e. The molecule has 1 aliphatic rings.